The van der Waals surface area contributed by atoms with Gasteiger partial charge in [0.05, 0.1) is 25.1 Å². The molecule has 2 heterocycles. The Hall–Kier alpha value is -1.79. The van der Waals surface area contributed by atoms with Crippen LogP contribution in [0, 0.1) is 0 Å². The van der Waals surface area contributed by atoms with Crippen LogP contribution in [0.5, 0.6) is 5.75 Å². The molecule has 2 amide bonds. The number of methoxy groups -OCH3 is 1. The number of likely N-dealkylation sites (tertiary alicyclic amines) is 1. The van der Waals surface area contributed by atoms with Crippen molar-refractivity contribution in [3.8, 4) is 5.75 Å². The van der Waals surface area contributed by atoms with Gasteiger partial charge in [0.25, 0.3) is 11.1 Å². The maximum absolute atomic E-state index is 12.4. The van der Waals surface area contributed by atoms with Gasteiger partial charge >= 0.3 is 0 Å². The van der Waals surface area contributed by atoms with Crippen LogP contribution in [0.3, 0.4) is 0 Å². The van der Waals surface area contributed by atoms with Crippen molar-refractivity contribution in [1.29, 1.82) is 0 Å². The van der Waals surface area contributed by atoms with E-state index in [1.165, 1.54) is 22.6 Å². The number of hydrogen-bond donors (Lipinski definition) is 1. The maximum Gasteiger partial charge on any atom is 0.298 e. The number of hydrogen-bond acceptors (Lipinski definition) is 4. The third-order valence-corrected chi connectivity index (χ3v) is 4.89. The van der Waals surface area contributed by atoms with E-state index in [2.05, 4.69) is 0 Å². The van der Waals surface area contributed by atoms with Crippen LogP contribution in [0.4, 0.5) is 4.79 Å². The summed E-state index contributed by atoms with van der Waals surface area (Å²) < 4.78 is 5.11. The number of carbonyl (C=O) groups is 2. The number of nitrogens with zero attached hydrogens (tertiary/aromatic N) is 1. The zero-order valence-corrected chi connectivity index (χ0v) is 13.3. The summed E-state index contributed by atoms with van der Waals surface area (Å²) in [6.45, 7) is 2.57. The molecular weight excluding hydrogens is 300 g/mol. The summed E-state index contributed by atoms with van der Waals surface area (Å²) in [5.41, 5.74) is 0.889. The van der Waals surface area contributed by atoms with Crippen molar-refractivity contribution in [2.45, 2.75) is 12.8 Å². The first-order chi connectivity index (χ1) is 10.7. The van der Waals surface area contributed by atoms with Gasteiger partial charge in [-0.1, -0.05) is 12.1 Å². The lowest BCUT2D eigenvalue weighted by atomic mass is 10.2. The summed E-state index contributed by atoms with van der Waals surface area (Å²) >= 11 is 1.02. The van der Waals surface area contributed by atoms with Gasteiger partial charge in [-0.25, -0.2) is 4.90 Å². The van der Waals surface area contributed by atoms with E-state index in [4.69, 9.17) is 4.74 Å². The molecule has 0 spiro atoms. The fourth-order valence-electron chi connectivity index (χ4n) is 2.74. The summed E-state index contributed by atoms with van der Waals surface area (Å²) in [5.74, 6) is 0.591. The molecule has 6 heteroatoms. The van der Waals surface area contributed by atoms with E-state index in [0.29, 0.717) is 11.6 Å². The zero-order chi connectivity index (χ0) is 15.5. The number of carbonyl (C=O) groups excluding carboxylic acids is 2. The summed E-state index contributed by atoms with van der Waals surface area (Å²) in [5, 5.41) is -0.163. The molecule has 1 aromatic carbocycles. The predicted octanol–water partition coefficient (Wildman–Crippen LogP) is 1.37. The number of benzene rings is 1. The molecule has 0 radical (unpaired) electrons. The average Bonchev–Trinajstić information content (AvgIpc) is 3.13. The number of rotatable bonds is 4. The van der Waals surface area contributed by atoms with Crippen LogP contribution >= 0.6 is 11.8 Å². The molecule has 0 bridgehead atoms. The van der Waals surface area contributed by atoms with E-state index >= 15 is 0 Å². The van der Waals surface area contributed by atoms with Crippen molar-refractivity contribution in [1.82, 2.24) is 4.90 Å². The van der Waals surface area contributed by atoms with E-state index in [0.717, 1.165) is 36.2 Å². The number of amides is 2. The molecule has 2 aliphatic heterocycles. The van der Waals surface area contributed by atoms with Crippen LogP contribution in [0.15, 0.2) is 29.2 Å². The number of ether oxygens (including phenoxy) is 1. The highest BCUT2D eigenvalue weighted by atomic mass is 32.2. The average molecular weight is 319 g/mol. The molecule has 2 fully saturated rings. The van der Waals surface area contributed by atoms with Gasteiger partial charge < -0.3 is 9.64 Å². The van der Waals surface area contributed by atoms with Crippen molar-refractivity contribution in [3.05, 3.63) is 34.7 Å². The Labute approximate surface area is 133 Å². The third-order valence-electron chi connectivity index (χ3n) is 3.98. The summed E-state index contributed by atoms with van der Waals surface area (Å²) in [4.78, 5) is 27.7. The van der Waals surface area contributed by atoms with E-state index in [9.17, 15) is 9.59 Å². The second-order valence-electron chi connectivity index (χ2n) is 5.50. The van der Waals surface area contributed by atoms with Crippen LogP contribution in [-0.2, 0) is 4.79 Å². The molecule has 0 saturated carbocycles. The molecule has 3 rings (SSSR count). The molecule has 2 aliphatic rings. The molecule has 0 unspecified atom stereocenters. The highest BCUT2D eigenvalue weighted by Crippen LogP contribution is 2.31. The number of quaternary nitrogens is 1. The fraction of sp³-hybridized carbons (Fsp3) is 0.375. The number of imide groups is 1. The molecule has 0 aromatic heterocycles. The Morgan fingerprint density at radius 1 is 1.23 bits per heavy atom. The first-order valence-corrected chi connectivity index (χ1v) is 8.22. The first kappa shape index (κ1) is 15.1. The van der Waals surface area contributed by atoms with Crippen molar-refractivity contribution in [2.24, 2.45) is 0 Å². The van der Waals surface area contributed by atoms with Crippen LogP contribution in [0.2, 0.25) is 0 Å². The van der Waals surface area contributed by atoms with Gasteiger partial charge in [0.1, 0.15) is 5.75 Å². The minimum absolute atomic E-state index is 0.163. The minimum Gasteiger partial charge on any atom is -0.497 e. The summed E-state index contributed by atoms with van der Waals surface area (Å²) in [7, 11) is 1.61. The molecule has 5 nitrogen and oxygen atoms in total. The topological polar surface area (TPSA) is 51.0 Å². The largest absolute Gasteiger partial charge is 0.497 e. The van der Waals surface area contributed by atoms with Crippen molar-refractivity contribution < 1.29 is 19.2 Å². The lowest BCUT2D eigenvalue weighted by Crippen LogP contribution is -3.11. The SMILES string of the molecule is COc1ccc(/C=C2\SC(=O)N(C[NH+]3CCCC3)C2=O)cc1. The number of thioether (sulfide) groups is 1. The molecule has 116 valence electrons. The lowest BCUT2D eigenvalue weighted by Gasteiger charge is -2.17. The summed E-state index contributed by atoms with van der Waals surface area (Å²) in [6, 6.07) is 7.42. The van der Waals surface area contributed by atoms with Gasteiger partial charge in [-0.2, -0.15) is 0 Å². The standard InChI is InChI=1S/C16H18N2O3S/c1-21-13-6-4-12(5-7-13)10-14-15(19)18(16(20)22-14)11-17-8-2-3-9-17/h4-7,10H,2-3,8-9,11H2,1H3/p+1/b14-10-. The molecule has 1 N–H and O–H groups in total. The fourth-order valence-corrected chi connectivity index (χ4v) is 3.58. The van der Waals surface area contributed by atoms with E-state index in [1.54, 1.807) is 13.2 Å². The maximum atomic E-state index is 12.4. The second-order valence-corrected chi connectivity index (χ2v) is 6.49. The third kappa shape index (κ3) is 3.18. The summed E-state index contributed by atoms with van der Waals surface area (Å²) in [6.07, 6.45) is 4.12. The Kier molecular flexibility index (Phi) is 4.49. The Morgan fingerprint density at radius 2 is 1.91 bits per heavy atom. The highest BCUT2D eigenvalue weighted by Gasteiger charge is 2.37. The van der Waals surface area contributed by atoms with Crippen molar-refractivity contribution >= 4 is 29.0 Å². The van der Waals surface area contributed by atoms with Crippen LogP contribution < -0.4 is 9.64 Å². The Bertz CT molecular complexity index is 606. The van der Waals surface area contributed by atoms with Gasteiger partial charge in [-0.3, -0.25) is 9.59 Å². The van der Waals surface area contributed by atoms with Gasteiger partial charge in [-0.15, -0.1) is 0 Å². The lowest BCUT2D eigenvalue weighted by molar-refractivity contribution is -0.894. The predicted molar refractivity (Wildman–Crippen MR) is 85.6 cm³/mol. The van der Waals surface area contributed by atoms with E-state index in [-0.39, 0.29) is 11.1 Å². The van der Waals surface area contributed by atoms with Crippen molar-refractivity contribution in [3.63, 3.8) is 0 Å². The minimum atomic E-state index is -0.176. The molecule has 0 aliphatic carbocycles. The van der Waals surface area contributed by atoms with Gasteiger partial charge in [0.2, 0.25) is 0 Å². The quantitative estimate of drug-likeness (QED) is 0.852. The number of nitrogens with one attached hydrogen (secondary N) is 1. The first-order valence-electron chi connectivity index (χ1n) is 7.40. The Balaban J connectivity index is 1.72. The van der Waals surface area contributed by atoms with Gasteiger partial charge in [0, 0.05) is 12.8 Å². The molecule has 1 aromatic rings. The van der Waals surface area contributed by atoms with E-state index < -0.39 is 0 Å². The molecule has 22 heavy (non-hydrogen) atoms. The molecule has 0 atom stereocenters. The Morgan fingerprint density at radius 3 is 2.55 bits per heavy atom. The highest BCUT2D eigenvalue weighted by molar-refractivity contribution is 8.18. The van der Waals surface area contributed by atoms with Crippen molar-refractivity contribution in [2.75, 3.05) is 26.9 Å². The smallest absolute Gasteiger partial charge is 0.298 e. The van der Waals surface area contributed by atoms with Crippen LogP contribution in [0.25, 0.3) is 6.08 Å². The van der Waals surface area contributed by atoms with Crippen LogP contribution in [-0.4, -0.2) is 42.9 Å². The molecular formula is C16H19N2O3S+. The van der Waals surface area contributed by atoms with Crippen LogP contribution in [0.1, 0.15) is 18.4 Å². The van der Waals surface area contributed by atoms with E-state index in [1.807, 2.05) is 24.3 Å². The van der Waals surface area contributed by atoms with Gasteiger partial charge in [-0.05, 0) is 35.5 Å². The molecule has 2 saturated heterocycles. The monoisotopic (exact) mass is 319 g/mol. The zero-order valence-electron chi connectivity index (χ0n) is 12.5. The second kappa shape index (κ2) is 6.54. The van der Waals surface area contributed by atoms with Gasteiger partial charge in [0.15, 0.2) is 6.67 Å². The normalized spacial score (nSPS) is 21.1.